The van der Waals surface area contributed by atoms with Crippen molar-refractivity contribution in [2.24, 2.45) is 0 Å². The van der Waals surface area contributed by atoms with Crippen LogP contribution in [-0.4, -0.2) is 177 Å². The molecule has 3 aliphatic heterocycles. The van der Waals surface area contributed by atoms with Crippen LogP contribution in [0, 0.1) is 0 Å². The molecule has 26 nitrogen and oxygen atoms in total. The van der Waals surface area contributed by atoms with E-state index in [2.05, 4.69) is 0 Å². The van der Waals surface area contributed by atoms with Crippen molar-refractivity contribution in [3.05, 3.63) is 0 Å². The van der Waals surface area contributed by atoms with Gasteiger partial charge in [-0.05, 0) is 0 Å². The Labute approximate surface area is 364 Å². The Morgan fingerprint density at radius 3 is 0.906 bits per heavy atom. The van der Waals surface area contributed by atoms with Gasteiger partial charge in [-0.2, -0.15) is 0 Å². The first kappa shape index (κ1) is 52.8. The number of ether oxygens (including phenoxy) is 15. The highest BCUT2D eigenvalue weighted by molar-refractivity contribution is 5.70. The zero-order valence-electron chi connectivity index (χ0n) is 36.4. The lowest BCUT2D eigenvalue weighted by Crippen LogP contribution is -2.68. The first-order valence-electron chi connectivity index (χ1n) is 19.4. The smallest absolute Gasteiger partial charge is 0.303 e. The molecular weight excluding hydrogens is 872 g/mol. The van der Waals surface area contributed by atoms with E-state index in [4.69, 9.17) is 71.1 Å². The standard InChI is InChI=1S/C38H52O26/c1-14(39)50-11-24-28(30(54-18(5)43)33(36(49)60-24)57-21(8)46)63-38-35(59-23(10)48)32(56-20(7)45)29(26(62-38)13-52-16(3)41)64-37-34(58-22(9)47)31(55-19(6)44)27(53-17(4)42)25(61-37)12-51-15(2)40/h24-38,49H,11-13H2,1-10H3/t24?,25?,26?,27-,28-,29-,30-,31+,32-,33?,34?,35?,36+,37+,38+/m1/s1. The van der Waals surface area contributed by atoms with Gasteiger partial charge in [0.25, 0.3) is 0 Å². The van der Waals surface area contributed by atoms with Crippen molar-refractivity contribution in [2.45, 2.75) is 161 Å². The summed E-state index contributed by atoms with van der Waals surface area (Å²) in [5.41, 5.74) is 0. The quantitative estimate of drug-likeness (QED) is 0.123. The van der Waals surface area contributed by atoms with Gasteiger partial charge in [-0.1, -0.05) is 0 Å². The van der Waals surface area contributed by atoms with E-state index in [9.17, 15) is 53.1 Å². The van der Waals surface area contributed by atoms with Gasteiger partial charge >= 0.3 is 59.7 Å². The van der Waals surface area contributed by atoms with Crippen molar-refractivity contribution in [1.82, 2.24) is 0 Å². The van der Waals surface area contributed by atoms with Crippen molar-refractivity contribution in [3.8, 4) is 0 Å². The van der Waals surface area contributed by atoms with Gasteiger partial charge < -0.3 is 76.2 Å². The molecule has 15 atom stereocenters. The highest BCUT2D eigenvalue weighted by atomic mass is 16.8. The number of carbonyl (C=O) groups excluding carboxylic acids is 10. The molecule has 0 bridgehead atoms. The molecule has 3 fully saturated rings. The Hall–Kier alpha value is -5.54. The van der Waals surface area contributed by atoms with Crippen LogP contribution >= 0.6 is 0 Å². The van der Waals surface area contributed by atoms with Crippen LogP contribution < -0.4 is 0 Å². The zero-order valence-corrected chi connectivity index (χ0v) is 36.4. The van der Waals surface area contributed by atoms with Crippen molar-refractivity contribution in [3.63, 3.8) is 0 Å². The summed E-state index contributed by atoms with van der Waals surface area (Å²) in [5, 5.41) is 10.9. The number of esters is 10. The molecule has 0 spiro atoms. The maximum atomic E-state index is 12.9. The maximum absolute atomic E-state index is 12.9. The van der Waals surface area contributed by atoms with Gasteiger partial charge in [0, 0.05) is 69.2 Å². The molecule has 0 aromatic heterocycles. The van der Waals surface area contributed by atoms with Crippen molar-refractivity contribution in [2.75, 3.05) is 19.8 Å². The van der Waals surface area contributed by atoms with Gasteiger partial charge in [0.2, 0.25) is 0 Å². The summed E-state index contributed by atoms with van der Waals surface area (Å²) in [6, 6.07) is 0. The van der Waals surface area contributed by atoms with Gasteiger partial charge in [0.05, 0.1) is 0 Å². The molecule has 1 N–H and O–H groups in total. The number of rotatable bonds is 17. The molecule has 26 heteroatoms. The summed E-state index contributed by atoms with van der Waals surface area (Å²) in [6.07, 6.45) is -27.2. The number of carbonyl (C=O) groups is 10. The summed E-state index contributed by atoms with van der Waals surface area (Å²) >= 11 is 0. The van der Waals surface area contributed by atoms with Crippen LogP contribution in [-0.2, 0) is 119 Å². The summed E-state index contributed by atoms with van der Waals surface area (Å²) in [4.78, 5) is 124. The van der Waals surface area contributed by atoms with Crippen LogP contribution in [0.2, 0.25) is 0 Å². The SMILES string of the molecule is CC(=O)OCC1O[C@@H](O[C@@H]2C(COC(C)=O)O[C@@H](O[C@@H]3C(COC(C)=O)O[C@H](O)C(OC(C)=O)[C@@H]3OC(C)=O)C(OC(C)=O)[C@@H]2OC(C)=O)C(OC(C)=O)[C@@H](OC(C)=O)[C@@H]1OC(C)=O. The fourth-order valence-electron chi connectivity index (χ4n) is 6.77. The average molecular weight is 925 g/mol. The molecule has 0 aromatic rings. The minimum atomic E-state index is -2.02. The Morgan fingerprint density at radius 1 is 0.328 bits per heavy atom. The van der Waals surface area contributed by atoms with E-state index < -0.39 is 172 Å². The summed E-state index contributed by atoms with van der Waals surface area (Å²) in [7, 11) is 0. The van der Waals surface area contributed by atoms with E-state index in [1.807, 2.05) is 0 Å². The monoisotopic (exact) mass is 924 g/mol. The second kappa shape index (κ2) is 23.9. The Kier molecular flexibility index (Phi) is 19.8. The van der Waals surface area contributed by atoms with E-state index in [1.54, 1.807) is 0 Å². The maximum Gasteiger partial charge on any atom is 0.303 e. The van der Waals surface area contributed by atoms with Crippen molar-refractivity contribution < 1.29 is 124 Å². The van der Waals surface area contributed by atoms with E-state index in [1.165, 1.54) is 0 Å². The Morgan fingerprint density at radius 2 is 0.578 bits per heavy atom. The molecule has 3 saturated heterocycles. The third-order valence-corrected chi connectivity index (χ3v) is 8.84. The van der Waals surface area contributed by atoms with E-state index in [-0.39, 0.29) is 0 Å². The number of aliphatic hydroxyl groups is 1. The zero-order chi connectivity index (χ0) is 48.2. The van der Waals surface area contributed by atoms with Crippen LogP contribution in [0.15, 0.2) is 0 Å². The molecule has 3 rings (SSSR count). The van der Waals surface area contributed by atoms with Crippen LogP contribution in [0.5, 0.6) is 0 Å². The molecular formula is C38H52O26. The molecule has 64 heavy (non-hydrogen) atoms. The summed E-state index contributed by atoms with van der Waals surface area (Å²) in [5.74, 6) is -9.61. The molecule has 3 aliphatic rings. The van der Waals surface area contributed by atoms with E-state index in [0.29, 0.717) is 0 Å². The third kappa shape index (κ3) is 15.6. The first-order valence-corrected chi connectivity index (χ1v) is 19.4. The minimum absolute atomic E-state index is 0.681. The van der Waals surface area contributed by atoms with E-state index >= 15 is 0 Å². The van der Waals surface area contributed by atoms with Gasteiger partial charge in [-0.3, -0.25) is 47.9 Å². The molecule has 0 radical (unpaired) electrons. The van der Waals surface area contributed by atoms with Crippen molar-refractivity contribution >= 4 is 59.7 Å². The van der Waals surface area contributed by atoms with Crippen LogP contribution in [0.1, 0.15) is 69.2 Å². The van der Waals surface area contributed by atoms with Crippen LogP contribution in [0.3, 0.4) is 0 Å². The largest absolute Gasteiger partial charge is 0.463 e. The summed E-state index contributed by atoms with van der Waals surface area (Å²) < 4.78 is 84.2. The fourth-order valence-corrected chi connectivity index (χ4v) is 6.77. The molecule has 0 amide bonds. The second-order valence-corrected chi connectivity index (χ2v) is 14.3. The molecule has 0 aliphatic carbocycles. The number of hydrogen-bond acceptors (Lipinski definition) is 26. The highest BCUT2D eigenvalue weighted by Crippen LogP contribution is 2.38. The fraction of sp³-hybridized carbons (Fsp3) is 0.737. The van der Waals surface area contributed by atoms with Crippen LogP contribution in [0.25, 0.3) is 0 Å². The number of hydrogen-bond donors (Lipinski definition) is 1. The molecule has 360 valence electrons. The summed E-state index contributed by atoms with van der Waals surface area (Å²) in [6.45, 7) is 7.65. The number of aliphatic hydroxyl groups excluding tert-OH is 1. The molecule has 0 saturated carbocycles. The van der Waals surface area contributed by atoms with Gasteiger partial charge in [-0.15, -0.1) is 0 Å². The lowest BCUT2D eigenvalue weighted by Gasteiger charge is -2.50. The van der Waals surface area contributed by atoms with E-state index in [0.717, 1.165) is 69.2 Å². The minimum Gasteiger partial charge on any atom is -0.463 e. The molecule has 3 heterocycles. The van der Waals surface area contributed by atoms with Gasteiger partial charge in [0.15, 0.2) is 61.6 Å². The van der Waals surface area contributed by atoms with Gasteiger partial charge in [0.1, 0.15) is 50.3 Å². The van der Waals surface area contributed by atoms with Crippen molar-refractivity contribution in [1.29, 1.82) is 0 Å². The second-order valence-electron chi connectivity index (χ2n) is 14.3. The lowest BCUT2D eigenvalue weighted by atomic mass is 9.95. The molecule has 0 aromatic carbocycles. The van der Waals surface area contributed by atoms with Crippen LogP contribution in [0.4, 0.5) is 0 Å². The topological polar surface area (TPSA) is 329 Å². The highest BCUT2D eigenvalue weighted by Gasteiger charge is 2.59. The van der Waals surface area contributed by atoms with Gasteiger partial charge in [-0.25, -0.2) is 0 Å². The predicted molar refractivity (Wildman–Crippen MR) is 197 cm³/mol. The lowest BCUT2D eigenvalue weighted by molar-refractivity contribution is -0.378. The predicted octanol–water partition coefficient (Wildman–Crippen LogP) is -1.86. The Bertz CT molecular complexity index is 1730. The normalized spacial score (nSPS) is 32.3. The first-order chi connectivity index (χ1) is 29.9. The molecule has 6 unspecified atom stereocenters. The Balaban J connectivity index is 2.28. The average Bonchev–Trinajstić information content (AvgIpc) is 3.15. The third-order valence-electron chi connectivity index (χ3n) is 8.84.